The van der Waals surface area contributed by atoms with Gasteiger partial charge in [-0.3, -0.25) is 4.99 Å². The predicted octanol–water partition coefficient (Wildman–Crippen LogP) is 8.34. The maximum atomic E-state index is 6.41. The van der Waals surface area contributed by atoms with E-state index in [0.29, 0.717) is 15.2 Å². The van der Waals surface area contributed by atoms with Gasteiger partial charge in [-0.2, -0.15) is 0 Å². The molecule has 3 heteroatoms. The molecule has 0 aliphatic rings. The maximum Gasteiger partial charge on any atom is 0.123 e. The van der Waals surface area contributed by atoms with Gasteiger partial charge in [-0.1, -0.05) is 107 Å². The molecule has 0 heterocycles. The number of hydrogen-bond donors (Lipinski definition) is 0. The Morgan fingerprint density at radius 1 is 0.771 bits per heavy atom. The van der Waals surface area contributed by atoms with Crippen LogP contribution in [0.1, 0.15) is 48.9 Å². The SMILES string of the molecule is CCC(CC)(Pc1c(C)cccc1C=Nc1ccccc1)c1ccccc1OCc1ccccc1. The van der Waals surface area contributed by atoms with E-state index >= 15 is 0 Å². The summed E-state index contributed by atoms with van der Waals surface area (Å²) in [7, 11) is 0.605. The number of aryl methyl sites for hydroxylation is 1. The van der Waals surface area contributed by atoms with E-state index in [4.69, 9.17) is 9.73 Å². The Morgan fingerprint density at radius 3 is 2.14 bits per heavy atom. The van der Waals surface area contributed by atoms with Gasteiger partial charge in [-0.05, 0) is 54.4 Å². The molecule has 0 bridgehead atoms. The summed E-state index contributed by atoms with van der Waals surface area (Å²) >= 11 is 0. The molecule has 0 fully saturated rings. The van der Waals surface area contributed by atoms with Crippen LogP contribution >= 0.6 is 8.58 Å². The molecule has 0 saturated carbocycles. The van der Waals surface area contributed by atoms with E-state index in [1.807, 2.05) is 42.6 Å². The summed E-state index contributed by atoms with van der Waals surface area (Å²) < 4.78 is 6.41. The summed E-state index contributed by atoms with van der Waals surface area (Å²) in [6.07, 6.45) is 4.10. The average Bonchev–Trinajstić information content (AvgIpc) is 2.92. The first kappa shape index (κ1) is 24.9. The van der Waals surface area contributed by atoms with Crippen molar-refractivity contribution in [3.05, 3.63) is 125 Å². The summed E-state index contributed by atoms with van der Waals surface area (Å²) in [6, 6.07) is 35.7. The Bertz CT molecular complexity index is 1250. The fourth-order valence-electron chi connectivity index (χ4n) is 4.46. The molecular formula is C32H34NOP. The highest BCUT2D eigenvalue weighted by atomic mass is 31.1. The maximum absolute atomic E-state index is 6.41. The van der Waals surface area contributed by atoms with Crippen LogP contribution in [-0.2, 0) is 11.8 Å². The van der Waals surface area contributed by atoms with Crippen molar-refractivity contribution < 1.29 is 4.74 Å². The largest absolute Gasteiger partial charge is 0.489 e. The number of aliphatic imine (C=N–C) groups is 1. The highest BCUT2D eigenvalue weighted by molar-refractivity contribution is 7.49. The van der Waals surface area contributed by atoms with E-state index in [-0.39, 0.29) is 5.16 Å². The first-order valence-electron chi connectivity index (χ1n) is 12.4. The van der Waals surface area contributed by atoms with Crippen molar-refractivity contribution in [3.8, 4) is 5.75 Å². The van der Waals surface area contributed by atoms with Gasteiger partial charge in [0.1, 0.15) is 12.4 Å². The van der Waals surface area contributed by atoms with Crippen molar-refractivity contribution in [2.24, 2.45) is 4.99 Å². The number of hydrogen-bond acceptors (Lipinski definition) is 2. The lowest BCUT2D eigenvalue weighted by atomic mass is 9.92. The van der Waals surface area contributed by atoms with Crippen LogP contribution in [0.25, 0.3) is 0 Å². The molecule has 1 atom stereocenters. The second-order valence-corrected chi connectivity index (χ2v) is 10.5. The average molecular weight is 480 g/mol. The molecule has 4 aromatic carbocycles. The molecule has 0 radical (unpaired) electrons. The molecule has 0 aromatic heterocycles. The highest BCUT2D eigenvalue weighted by Gasteiger charge is 2.33. The molecule has 4 aromatic rings. The molecule has 35 heavy (non-hydrogen) atoms. The van der Waals surface area contributed by atoms with Crippen molar-refractivity contribution >= 4 is 25.8 Å². The zero-order chi connectivity index (χ0) is 24.5. The van der Waals surface area contributed by atoms with Gasteiger partial charge in [0, 0.05) is 22.5 Å². The van der Waals surface area contributed by atoms with Crippen molar-refractivity contribution in [2.75, 3.05) is 0 Å². The predicted molar refractivity (Wildman–Crippen MR) is 152 cm³/mol. The van der Waals surface area contributed by atoms with E-state index in [1.54, 1.807) is 0 Å². The van der Waals surface area contributed by atoms with Gasteiger partial charge in [0.25, 0.3) is 0 Å². The summed E-state index contributed by atoms with van der Waals surface area (Å²) in [5.74, 6) is 0.987. The first-order valence-corrected chi connectivity index (χ1v) is 13.4. The summed E-state index contributed by atoms with van der Waals surface area (Å²) in [5.41, 5.74) is 5.96. The van der Waals surface area contributed by atoms with Crippen molar-refractivity contribution in [1.29, 1.82) is 0 Å². The lowest BCUT2D eigenvalue weighted by Crippen LogP contribution is -2.25. The molecule has 0 spiro atoms. The standard InChI is InChI=1S/C32H34NOP/c1-4-32(5-2,29-21-12-13-22-30(29)34-24-26-16-8-6-9-17-26)35-31-25(3)15-14-18-27(31)23-33-28-19-10-7-11-20-28/h6-23,35H,4-5,24H2,1-3H3. The van der Waals surface area contributed by atoms with Crippen molar-refractivity contribution in [1.82, 2.24) is 0 Å². The van der Waals surface area contributed by atoms with E-state index in [9.17, 15) is 0 Å². The number of rotatable bonds is 10. The lowest BCUT2D eigenvalue weighted by Gasteiger charge is -2.35. The Labute approximate surface area is 211 Å². The third-order valence-corrected chi connectivity index (χ3v) is 9.01. The van der Waals surface area contributed by atoms with Crippen molar-refractivity contribution in [3.63, 3.8) is 0 Å². The van der Waals surface area contributed by atoms with Crippen LogP contribution < -0.4 is 10.0 Å². The third kappa shape index (κ3) is 6.08. The third-order valence-electron chi connectivity index (χ3n) is 6.63. The zero-order valence-electron chi connectivity index (χ0n) is 20.9. The van der Waals surface area contributed by atoms with Gasteiger partial charge in [0.05, 0.1) is 5.69 Å². The summed E-state index contributed by atoms with van der Waals surface area (Å²) in [6.45, 7) is 7.40. The molecular weight excluding hydrogens is 445 g/mol. The molecule has 0 aliphatic carbocycles. The Morgan fingerprint density at radius 2 is 1.43 bits per heavy atom. The van der Waals surface area contributed by atoms with Crippen LogP contribution in [0.4, 0.5) is 5.69 Å². The Hall–Kier alpha value is -3.22. The Kier molecular flexibility index (Phi) is 8.50. The van der Waals surface area contributed by atoms with E-state index in [2.05, 4.69) is 87.5 Å². The van der Waals surface area contributed by atoms with Gasteiger partial charge in [0.15, 0.2) is 0 Å². The monoisotopic (exact) mass is 479 g/mol. The van der Waals surface area contributed by atoms with Crippen LogP contribution in [0.15, 0.2) is 108 Å². The van der Waals surface area contributed by atoms with Gasteiger partial charge < -0.3 is 4.74 Å². The minimum absolute atomic E-state index is 0.00523. The van der Waals surface area contributed by atoms with E-state index in [0.717, 1.165) is 24.3 Å². The number of ether oxygens (including phenoxy) is 1. The number of benzene rings is 4. The lowest BCUT2D eigenvalue weighted by molar-refractivity contribution is 0.298. The van der Waals surface area contributed by atoms with Crippen LogP contribution in [0.5, 0.6) is 5.75 Å². The van der Waals surface area contributed by atoms with Crippen LogP contribution in [-0.4, -0.2) is 6.21 Å². The van der Waals surface area contributed by atoms with Crippen molar-refractivity contribution in [2.45, 2.75) is 45.4 Å². The molecule has 0 N–H and O–H groups in total. The number of para-hydroxylation sites is 2. The second kappa shape index (κ2) is 12.0. The molecule has 0 amide bonds. The van der Waals surface area contributed by atoms with Gasteiger partial charge in [-0.15, -0.1) is 0 Å². The highest BCUT2D eigenvalue weighted by Crippen LogP contribution is 2.50. The van der Waals surface area contributed by atoms with Crippen LogP contribution in [0.2, 0.25) is 0 Å². The quantitative estimate of drug-likeness (QED) is 0.165. The topological polar surface area (TPSA) is 21.6 Å². The molecule has 1 unspecified atom stereocenters. The molecule has 2 nitrogen and oxygen atoms in total. The fourth-order valence-corrected chi connectivity index (χ4v) is 6.21. The minimum Gasteiger partial charge on any atom is -0.489 e. The second-order valence-electron chi connectivity index (χ2n) is 8.82. The molecule has 0 saturated heterocycles. The fraction of sp³-hybridized carbons (Fsp3) is 0.219. The smallest absolute Gasteiger partial charge is 0.123 e. The van der Waals surface area contributed by atoms with Gasteiger partial charge in [0.2, 0.25) is 0 Å². The first-order chi connectivity index (χ1) is 17.1. The van der Waals surface area contributed by atoms with E-state index in [1.165, 1.54) is 27.6 Å². The van der Waals surface area contributed by atoms with Gasteiger partial charge in [-0.25, -0.2) is 0 Å². The Balaban J connectivity index is 1.68. The summed E-state index contributed by atoms with van der Waals surface area (Å²) in [4.78, 5) is 4.77. The van der Waals surface area contributed by atoms with E-state index < -0.39 is 0 Å². The van der Waals surface area contributed by atoms with Crippen LogP contribution in [0.3, 0.4) is 0 Å². The van der Waals surface area contributed by atoms with Gasteiger partial charge >= 0.3 is 0 Å². The molecule has 0 aliphatic heterocycles. The summed E-state index contributed by atoms with van der Waals surface area (Å²) in [5, 5.41) is 1.38. The molecule has 4 rings (SSSR count). The number of nitrogens with zero attached hydrogens (tertiary/aromatic N) is 1. The minimum atomic E-state index is -0.00523. The molecule has 178 valence electrons. The normalized spacial score (nSPS) is 12.0. The zero-order valence-corrected chi connectivity index (χ0v) is 21.9. The van der Waals surface area contributed by atoms with Crippen LogP contribution in [0, 0.1) is 6.92 Å².